The van der Waals surface area contributed by atoms with Gasteiger partial charge in [0.25, 0.3) is 5.91 Å². The molecule has 0 aromatic carbocycles. The summed E-state index contributed by atoms with van der Waals surface area (Å²) in [5.74, 6) is 0.433. The zero-order chi connectivity index (χ0) is 14.0. The average molecular weight is 284 g/mol. The number of aromatic amines is 1. The van der Waals surface area contributed by atoms with E-state index in [4.69, 9.17) is 11.6 Å². The topological polar surface area (TPSA) is 39.3 Å². The number of piperazine rings is 1. The van der Waals surface area contributed by atoms with E-state index in [9.17, 15) is 4.79 Å². The Hall–Kier alpha value is -1.00. The van der Waals surface area contributed by atoms with Crippen molar-refractivity contribution in [2.45, 2.75) is 26.2 Å². The molecule has 2 heterocycles. The van der Waals surface area contributed by atoms with E-state index >= 15 is 0 Å². The zero-order valence-electron chi connectivity index (χ0n) is 11.9. The summed E-state index contributed by atoms with van der Waals surface area (Å²) in [6, 6.07) is 1.91. The summed E-state index contributed by atoms with van der Waals surface area (Å²) in [7, 11) is 2.08. The third kappa shape index (κ3) is 3.12. The molecule has 4 nitrogen and oxygen atoms in total. The molecule has 0 radical (unpaired) electrons. The monoisotopic (exact) mass is 283 g/mol. The molecule has 1 aromatic rings. The average Bonchev–Trinajstić information content (AvgIpc) is 2.80. The number of likely N-dealkylation sites (N-methyl/N-ethyl adjacent to an activating group) is 1. The van der Waals surface area contributed by atoms with Gasteiger partial charge in [-0.3, -0.25) is 4.79 Å². The molecular formula is C14H22ClN3O. The van der Waals surface area contributed by atoms with Gasteiger partial charge in [-0.2, -0.15) is 0 Å². The first-order valence-electron chi connectivity index (χ1n) is 6.89. The number of halogens is 1. The van der Waals surface area contributed by atoms with Crippen molar-refractivity contribution in [3.05, 3.63) is 22.5 Å². The summed E-state index contributed by atoms with van der Waals surface area (Å²) < 4.78 is 0. The number of amides is 1. The summed E-state index contributed by atoms with van der Waals surface area (Å²) in [6.45, 7) is 7.67. The van der Waals surface area contributed by atoms with Crippen LogP contribution >= 0.6 is 11.6 Å². The highest BCUT2D eigenvalue weighted by Crippen LogP contribution is 2.27. The molecule has 106 valence electrons. The van der Waals surface area contributed by atoms with E-state index in [1.165, 1.54) is 0 Å². The highest BCUT2D eigenvalue weighted by atomic mass is 35.5. The van der Waals surface area contributed by atoms with E-state index in [2.05, 4.69) is 30.8 Å². The number of hydrogen-bond donors (Lipinski definition) is 1. The van der Waals surface area contributed by atoms with Crippen LogP contribution in [0.4, 0.5) is 0 Å². The van der Waals surface area contributed by atoms with Crippen LogP contribution in [0.1, 0.15) is 42.2 Å². The molecule has 1 atom stereocenters. The van der Waals surface area contributed by atoms with Crippen molar-refractivity contribution in [1.29, 1.82) is 0 Å². The first-order chi connectivity index (χ1) is 9.02. The highest BCUT2D eigenvalue weighted by molar-refractivity contribution is 6.30. The second kappa shape index (κ2) is 5.97. The minimum Gasteiger partial charge on any atom is -0.341 e. The molecule has 19 heavy (non-hydrogen) atoms. The number of hydrogen-bond acceptors (Lipinski definition) is 2. The first-order valence-corrected chi connectivity index (χ1v) is 7.27. The van der Waals surface area contributed by atoms with Crippen LogP contribution in [0.15, 0.2) is 6.07 Å². The molecule has 1 amide bonds. The molecule has 0 aliphatic carbocycles. The maximum atomic E-state index is 12.4. The SMILES string of the molecule is CCC(C)c1cc(C(=O)N2CCN(C)CC2)[nH]c1Cl. The van der Waals surface area contributed by atoms with Gasteiger partial charge in [-0.1, -0.05) is 25.4 Å². The smallest absolute Gasteiger partial charge is 0.270 e. The third-order valence-electron chi connectivity index (χ3n) is 3.96. The zero-order valence-corrected chi connectivity index (χ0v) is 12.6. The quantitative estimate of drug-likeness (QED) is 0.926. The van der Waals surface area contributed by atoms with Gasteiger partial charge in [0.15, 0.2) is 0 Å². The van der Waals surface area contributed by atoms with Gasteiger partial charge < -0.3 is 14.8 Å². The van der Waals surface area contributed by atoms with Crippen LogP contribution in [-0.2, 0) is 0 Å². The van der Waals surface area contributed by atoms with Crippen LogP contribution in [0.5, 0.6) is 0 Å². The fourth-order valence-corrected chi connectivity index (χ4v) is 2.66. The first kappa shape index (κ1) is 14.4. The molecule has 1 fully saturated rings. The van der Waals surface area contributed by atoms with Crippen molar-refractivity contribution in [1.82, 2.24) is 14.8 Å². The van der Waals surface area contributed by atoms with Crippen LogP contribution < -0.4 is 0 Å². The lowest BCUT2D eigenvalue weighted by molar-refractivity contribution is 0.0659. The van der Waals surface area contributed by atoms with Crippen molar-refractivity contribution >= 4 is 17.5 Å². The van der Waals surface area contributed by atoms with E-state index in [0.29, 0.717) is 16.8 Å². The number of carbonyl (C=O) groups is 1. The van der Waals surface area contributed by atoms with Gasteiger partial charge in [-0.15, -0.1) is 0 Å². The van der Waals surface area contributed by atoms with Crippen LogP contribution in [0.25, 0.3) is 0 Å². The Morgan fingerprint density at radius 2 is 2.05 bits per heavy atom. The van der Waals surface area contributed by atoms with Gasteiger partial charge >= 0.3 is 0 Å². The normalized spacial score (nSPS) is 18.6. The van der Waals surface area contributed by atoms with E-state index in [1.807, 2.05) is 11.0 Å². The Labute approximate surface area is 119 Å². The van der Waals surface area contributed by atoms with Gasteiger partial charge in [0.1, 0.15) is 10.8 Å². The maximum absolute atomic E-state index is 12.4. The minimum atomic E-state index is 0.0598. The fraction of sp³-hybridized carbons (Fsp3) is 0.643. The predicted octanol–water partition coefficient (Wildman–Crippen LogP) is 2.57. The van der Waals surface area contributed by atoms with Crippen molar-refractivity contribution in [3.63, 3.8) is 0 Å². The molecule has 0 saturated carbocycles. The maximum Gasteiger partial charge on any atom is 0.270 e. The molecule has 1 aromatic heterocycles. The Kier molecular flexibility index (Phi) is 4.53. The summed E-state index contributed by atoms with van der Waals surface area (Å²) in [5, 5.41) is 0.604. The lowest BCUT2D eigenvalue weighted by Gasteiger charge is -2.32. The Morgan fingerprint density at radius 3 is 2.63 bits per heavy atom. The number of H-pyrrole nitrogens is 1. The van der Waals surface area contributed by atoms with E-state index in [1.54, 1.807) is 0 Å². The number of rotatable bonds is 3. The third-order valence-corrected chi connectivity index (χ3v) is 4.27. The largest absolute Gasteiger partial charge is 0.341 e. The second-order valence-corrected chi connectivity index (χ2v) is 5.74. The molecule has 2 rings (SSSR count). The van der Waals surface area contributed by atoms with Gasteiger partial charge in [0.2, 0.25) is 0 Å². The van der Waals surface area contributed by atoms with Crippen LogP contribution in [0, 0.1) is 0 Å². The van der Waals surface area contributed by atoms with Crippen LogP contribution in [0.3, 0.4) is 0 Å². The summed E-state index contributed by atoms with van der Waals surface area (Å²) >= 11 is 6.19. The molecule has 1 aliphatic rings. The Bertz CT molecular complexity index is 450. The number of nitrogens with zero attached hydrogens (tertiary/aromatic N) is 2. The van der Waals surface area contributed by atoms with Gasteiger partial charge in [0, 0.05) is 26.2 Å². The molecule has 5 heteroatoms. The summed E-state index contributed by atoms with van der Waals surface area (Å²) in [5.41, 5.74) is 1.66. The molecule has 1 aliphatic heterocycles. The molecule has 1 saturated heterocycles. The Morgan fingerprint density at radius 1 is 1.42 bits per heavy atom. The number of carbonyl (C=O) groups excluding carboxylic acids is 1. The van der Waals surface area contributed by atoms with Gasteiger partial charge in [-0.25, -0.2) is 0 Å². The summed E-state index contributed by atoms with van der Waals surface area (Å²) in [6.07, 6.45) is 1.01. The molecule has 1 N–H and O–H groups in total. The van der Waals surface area contributed by atoms with Crippen molar-refractivity contribution in [3.8, 4) is 0 Å². The lowest BCUT2D eigenvalue weighted by Crippen LogP contribution is -2.47. The van der Waals surface area contributed by atoms with E-state index < -0.39 is 0 Å². The van der Waals surface area contributed by atoms with Gasteiger partial charge in [-0.05, 0) is 31.0 Å². The lowest BCUT2D eigenvalue weighted by atomic mass is 10.0. The van der Waals surface area contributed by atoms with Crippen LogP contribution in [-0.4, -0.2) is 53.9 Å². The number of aromatic nitrogens is 1. The standard InChI is InChI=1S/C14H22ClN3O/c1-4-10(2)11-9-12(16-13(11)15)14(19)18-7-5-17(3)6-8-18/h9-10,16H,4-8H2,1-3H3. The highest BCUT2D eigenvalue weighted by Gasteiger charge is 2.23. The Balaban J connectivity index is 2.11. The fourth-order valence-electron chi connectivity index (χ4n) is 2.32. The van der Waals surface area contributed by atoms with E-state index in [0.717, 1.165) is 38.2 Å². The molecule has 1 unspecified atom stereocenters. The van der Waals surface area contributed by atoms with Gasteiger partial charge in [0.05, 0.1) is 0 Å². The molecule has 0 bridgehead atoms. The summed E-state index contributed by atoms with van der Waals surface area (Å²) in [4.78, 5) is 19.6. The van der Waals surface area contributed by atoms with Crippen LogP contribution in [0.2, 0.25) is 5.15 Å². The van der Waals surface area contributed by atoms with E-state index in [-0.39, 0.29) is 5.91 Å². The number of nitrogens with one attached hydrogen (secondary N) is 1. The molecular weight excluding hydrogens is 262 g/mol. The van der Waals surface area contributed by atoms with Crippen molar-refractivity contribution in [2.24, 2.45) is 0 Å². The van der Waals surface area contributed by atoms with Crippen molar-refractivity contribution < 1.29 is 4.79 Å². The predicted molar refractivity (Wildman–Crippen MR) is 77.9 cm³/mol. The van der Waals surface area contributed by atoms with Crippen molar-refractivity contribution in [2.75, 3.05) is 33.2 Å². The second-order valence-electron chi connectivity index (χ2n) is 5.36. The minimum absolute atomic E-state index is 0.0598. The molecule has 0 spiro atoms.